The Morgan fingerprint density at radius 3 is 2.76 bits per heavy atom. The van der Waals surface area contributed by atoms with Crippen molar-refractivity contribution < 1.29 is 0 Å². The van der Waals surface area contributed by atoms with Crippen LogP contribution in [0.25, 0.3) is 0 Å². The lowest BCUT2D eigenvalue weighted by Gasteiger charge is -2.42. The molecule has 0 amide bonds. The molecule has 0 aromatic heterocycles. The van der Waals surface area contributed by atoms with Crippen molar-refractivity contribution in [1.29, 1.82) is 0 Å². The highest BCUT2D eigenvalue weighted by Crippen LogP contribution is 2.40. The van der Waals surface area contributed by atoms with Crippen LogP contribution >= 0.6 is 0 Å². The van der Waals surface area contributed by atoms with Crippen LogP contribution in [0.1, 0.15) is 49.3 Å². The van der Waals surface area contributed by atoms with E-state index in [-0.39, 0.29) is 0 Å². The molecule has 2 bridgehead atoms. The second kappa shape index (κ2) is 5.22. The number of nitrogens with zero attached hydrogens (tertiary/aromatic N) is 1. The van der Waals surface area contributed by atoms with Crippen LogP contribution in [-0.4, -0.2) is 24.5 Å². The molecule has 0 radical (unpaired) electrons. The molecule has 2 aliphatic rings. The molecule has 1 aliphatic carbocycles. The molecule has 2 atom stereocenters. The lowest BCUT2D eigenvalue weighted by Crippen LogP contribution is -2.43. The summed E-state index contributed by atoms with van der Waals surface area (Å²) in [6.45, 7) is 7.54. The fourth-order valence-electron chi connectivity index (χ4n) is 3.31. The van der Waals surface area contributed by atoms with Crippen LogP contribution in [0, 0.1) is 6.92 Å². The Morgan fingerprint density at radius 1 is 1.24 bits per heavy atom. The Kier molecular flexibility index (Phi) is 3.88. The van der Waals surface area contributed by atoms with Crippen molar-refractivity contribution in [3.8, 4) is 0 Å². The molecule has 1 aromatic carbocycles. The van der Waals surface area contributed by atoms with E-state index in [2.05, 4.69) is 37.1 Å². The number of fused-ring (bicyclic) bond motifs is 4. The van der Waals surface area contributed by atoms with E-state index >= 15 is 0 Å². The summed E-state index contributed by atoms with van der Waals surface area (Å²) in [6, 6.07) is 7.65. The summed E-state index contributed by atoms with van der Waals surface area (Å²) in [6.07, 6.45) is 4.01. The molecule has 1 aliphatic heterocycles. The Bertz CT molecular complexity index is 383. The number of piperidine rings is 1. The smallest absolute Gasteiger partial charge is 0.0139 e. The van der Waals surface area contributed by atoms with Gasteiger partial charge in [-0.15, -0.1) is 0 Å². The van der Waals surface area contributed by atoms with Crippen LogP contribution in [0.15, 0.2) is 18.2 Å². The van der Waals surface area contributed by atoms with Crippen LogP contribution in [0.2, 0.25) is 0 Å². The zero-order valence-corrected chi connectivity index (χ0v) is 11.7. The minimum absolute atomic E-state index is 0.803. The van der Waals surface area contributed by atoms with Crippen molar-refractivity contribution in [3.05, 3.63) is 34.9 Å². The maximum Gasteiger partial charge on any atom is 0.0139 e. The summed E-state index contributed by atoms with van der Waals surface area (Å²) < 4.78 is 0. The average Bonchev–Trinajstić information content (AvgIpc) is 2.38. The molecule has 17 heavy (non-hydrogen) atoms. The molecular formula is C16H25N. The highest BCUT2D eigenvalue weighted by Gasteiger charge is 2.33. The van der Waals surface area contributed by atoms with Gasteiger partial charge in [-0.25, -0.2) is 0 Å². The van der Waals surface area contributed by atoms with E-state index in [1.807, 2.05) is 13.8 Å². The number of hydrogen-bond donors (Lipinski definition) is 0. The van der Waals surface area contributed by atoms with Gasteiger partial charge in [-0.2, -0.15) is 0 Å². The summed E-state index contributed by atoms with van der Waals surface area (Å²) in [4.78, 5) is 2.55. The summed E-state index contributed by atoms with van der Waals surface area (Å²) in [5.41, 5.74) is 4.79. The molecule has 2 unspecified atom stereocenters. The Balaban J connectivity index is 0.000000514. The van der Waals surface area contributed by atoms with E-state index in [9.17, 15) is 0 Å². The highest BCUT2D eigenvalue weighted by molar-refractivity contribution is 5.40. The van der Waals surface area contributed by atoms with E-state index in [1.54, 1.807) is 11.1 Å². The molecule has 1 fully saturated rings. The maximum absolute atomic E-state index is 2.55. The van der Waals surface area contributed by atoms with Crippen molar-refractivity contribution in [2.75, 3.05) is 13.6 Å². The second-order valence-electron chi connectivity index (χ2n) is 5.20. The third-order valence-electron chi connectivity index (χ3n) is 4.34. The fourth-order valence-corrected chi connectivity index (χ4v) is 3.31. The van der Waals surface area contributed by atoms with E-state index in [0.29, 0.717) is 0 Å². The summed E-state index contributed by atoms with van der Waals surface area (Å²) in [5.74, 6) is 0.842. The molecule has 1 aromatic rings. The van der Waals surface area contributed by atoms with E-state index in [1.165, 1.54) is 31.4 Å². The molecule has 94 valence electrons. The zero-order chi connectivity index (χ0) is 12.4. The summed E-state index contributed by atoms with van der Waals surface area (Å²) in [7, 11) is 2.28. The van der Waals surface area contributed by atoms with Crippen molar-refractivity contribution >= 4 is 0 Å². The largest absolute Gasteiger partial charge is 0.303 e. The van der Waals surface area contributed by atoms with Gasteiger partial charge < -0.3 is 4.90 Å². The number of likely N-dealkylation sites (tertiary alicyclic amines) is 1. The Hall–Kier alpha value is -0.820. The first kappa shape index (κ1) is 12.6. The average molecular weight is 231 g/mol. The number of hydrogen-bond acceptors (Lipinski definition) is 1. The van der Waals surface area contributed by atoms with E-state index in [4.69, 9.17) is 0 Å². The molecule has 1 nitrogen and oxygen atoms in total. The predicted molar refractivity (Wildman–Crippen MR) is 74.6 cm³/mol. The van der Waals surface area contributed by atoms with Gasteiger partial charge in [-0.05, 0) is 62.4 Å². The normalized spacial score (nSPS) is 26.8. The monoisotopic (exact) mass is 231 g/mol. The van der Waals surface area contributed by atoms with Gasteiger partial charge >= 0.3 is 0 Å². The summed E-state index contributed by atoms with van der Waals surface area (Å²) >= 11 is 0. The van der Waals surface area contributed by atoms with Crippen molar-refractivity contribution in [2.24, 2.45) is 0 Å². The van der Waals surface area contributed by atoms with Gasteiger partial charge in [0.15, 0.2) is 0 Å². The zero-order valence-electron chi connectivity index (χ0n) is 11.7. The lowest BCUT2D eigenvalue weighted by molar-refractivity contribution is 0.157. The number of aryl methyl sites for hydroxylation is 1. The number of benzene rings is 1. The first-order valence-corrected chi connectivity index (χ1v) is 7.04. The second-order valence-corrected chi connectivity index (χ2v) is 5.20. The SMILES string of the molecule is CC.Cc1cccc2c1CC1CC2CCN1C. The third-order valence-corrected chi connectivity index (χ3v) is 4.34. The molecule has 1 heterocycles. The molecule has 1 saturated heterocycles. The van der Waals surface area contributed by atoms with Crippen molar-refractivity contribution in [2.45, 2.75) is 52.0 Å². The number of rotatable bonds is 0. The van der Waals surface area contributed by atoms with Crippen LogP contribution in [-0.2, 0) is 6.42 Å². The summed E-state index contributed by atoms with van der Waals surface area (Å²) in [5, 5.41) is 0. The van der Waals surface area contributed by atoms with E-state index < -0.39 is 0 Å². The fraction of sp³-hybridized carbons (Fsp3) is 0.625. The van der Waals surface area contributed by atoms with Gasteiger partial charge in [0, 0.05) is 6.04 Å². The number of likely N-dealkylation sites (N-methyl/N-ethyl adjacent to an activating group) is 1. The molecule has 0 N–H and O–H groups in total. The van der Waals surface area contributed by atoms with Crippen molar-refractivity contribution in [1.82, 2.24) is 4.90 Å². The predicted octanol–water partition coefficient (Wildman–Crippen LogP) is 3.76. The van der Waals surface area contributed by atoms with Crippen molar-refractivity contribution in [3.63, 3.8) is 0 Å². The molecular weight excluding hydrogens is 206 g/mol. The third kappa shape index (κ3) is 2.26. The Labute approximate surface area is 106 Å². The lowest BCUT2D eigenvalue weighted by atomic mass is 9.74. The first-order valence-electron chi connectivity index (χ1n) is 7.04. The highest BCUT2D eigenvalue weighted by atomic mass is 15.1. The topological polar surface area (TPSA) is 3.24 Å². The minimum Gasteiger partial charge on any atom is -0.303 e. The van der Waals surface area contributed by atoms with Gasteiger partial charge in [-0.3, -0.25) is 0 Å². The quantitative estimate of drug-likeness (QED) is 0.657. The van der Waals surface area contributed by atoms with Gasteiger partial charge in [0.2, 0.25) is 0 Å². The van der Waals surface area contributed by atoms with Gasteiger partial charge in [0.1, 0.15) is 0 Å². The molecule has 0 saturated carbocycles. The maximum atomic E-state index is 2.55. The Morgan fingerprint density at radius 2 is 2.00 bits per heavy atom. The molecule has 3 rings (SSSR count). The van der Waals surface area contributed by atoms with Crippen LogP contribution in [0.5, 0.6) is 0 Å². The first-order chi connectivity index (χ1) is 8.25. The van der Waals surface area contributed by atoms with Gasteiger partial charge in [0.25, 0.3) is 0 Å². The van der Waals surface area contributed by atoms with Gasteiger partial charge in [-0.1, -0.05) is 32.0 Å². The standard InChI is InChI=1S/C14H19N.C2H6/c1-10-4-3-5-13-11-6-7-15(2)12(8-11)9-14(10)13;1-2/h3-5,11-12H,6-9H2,1-2H3;1-2H3. The van der Waals surface area contributed by atoms with E-state index in [0.717, 1.165) is 12.0 Å². The molecule has 1 heteroatoms. The van der Waals surface area contributed by atoms with Crippen LogP contribution in [0.4, 0.5) is 0 Å². The van der Waals surface area contributed by atoms with Gasteiger partial charge in [0.05, 0.1) is 0 Å². The molecule has 0 spiro atoms. The minimum atomic E-state index is 0.803. The van der Waals surface area contributed by atoms with Crippen LogP contribution in [0.3, 0.4) is 0 Å². The van der Waals surface area contributed by atoms with Crippen LogP contribution < -0.4 is 0 Å².